The van der Waals surface area contributed by atoms with E-state index in [0.29, 0.717) is 24.8 Å². The van der Waals surface area contributed by atoms with Crippen LogP contribution in [0, 0.1) is 0 Å². The van der Waals surface area contributed by atoms with Crippen molar-refractivity contribution >= 4 is 0 Å². The summed E-state index contributed by atoms with van der Waals surface area (Å²) in [6.45, 7) is 9.04. The first-order chi connectivity index (χ1) is 16.8. The highest BCUT2D eigenvalue weighted by atomic mass is 16.5. The Balaban J connectivity index is 1.56. The van der Waals surface area contributed by atoms with E-state index in [1.807, 2.05) is 24.3 Å². The third-order valence-electron chi connectivity index (χ3n) is 5.38. The van der Waals surface area contributed by atoms with Gasteiger partial charge in [0.15, 0.2) is 11.6 Å². The minimum Gasteiger partial charge on any atom is -0.494 e. The maximum absolute atomic E-state index is 5.80. The molecule has 0 saturated carbocycles. The molecule has 0 atom stereocenters. The summed E-state index contributed by atoms with van der Waals surface area (Å²) in [7, 11) is 0. The molecule has 0 fully saturated rings. The van der Waals surface area contributed by atoms with Gasteiger partial charge in [-0.25, -0.2) is 9.97 Å². The first kappa shape index (κ1) is 28.1. The summed E-state index contributed by atoms with van der Waals surface area (Å²) >= 11 is 0. The second-order valence-electron chi connectivity index (χ2n) is 8.52. The average molecular weight is 473 g/mol. The molecule has 0 unspecified atom stereocenters. The number of nitrogens with zero attached hydrogens (tertiary/aromatic N) is 2. The smallest absolute Gasteiger partial charge is 0.159 e. The van der Waals surface area contributed by atoms with Crippen LogP contribution in [0.4, 0.5) is 0 Å². The molecule has 0 N–H and O–H groups in total. The van der Waals surface area contributed by atoms with Crippen LogP contribution in [0.25, 0.3) is 11.4 Å². The second kappa shape index (κ2) is 19.2. The zero-order valence-corrected chi connectivity index (χ0v) is 21.3. The Morgan fingerprint density at radius 1 is 0.529 bits per heavy atom. The van der Waals surface area contributed by atoms with Gasteiger partial charge in [-0.15, -0.1) is 0 Å². The lowest BCUT2D eigenvalue weighted by Gasteiger charge is -2.08. The molecule has 1 aromatic carbocycles. The van der Waals surface area contributed by atoms with Crippen LogP contribution in [0.3, 0.4) is 0 Å². The molecule has 0 aliphatic heterocycles. The van der Waals surface area contributed by atoms with Crippen LogP contribution in [-0.4, -0.2) is 49.6 Å². The topological polar surface area (TPSA) is 62.7 Å². The van der Waals surface area contributed by atoms with Gasteiger partial charge in [0, 0.05) is 32.0 Å². The van der Waals surface area contributed by atoms with Crippen LogP contribution < -0.4 is 9.47 Å². The fraction of sp³-hybridized carbons (Fsp3) is 0.643. The average Bonchev–Trinajstić information content (AvgIpc) is 2.87. The molecule has 34 heavy (non-hydrogen) atoms. The van der Waals surface area contributed by atoms with E-state index in [0.717, 1.165) is 69.8 Å². The number of hydrogen-bond acceptors (Lipinski definition) is 6. The number of benzene rings is 1. The number of ether oxygens (including phenoxy) is 4. The van der Waals surface area contributed by atoms with Gasteiger partial charge in [-0.2, -0.15) is 0 Å². The van der Waals surface area contributed by atoms with E-state index in [-0.39, 0.29) is 0 Å². The van der Waals surface area contributed by atoms with Gasteiger partial charge < -0.3 is 18.9 Å². The molecule has 1 aromatic heterocycles. The predicted octanol–water partition coefficient (Wildman–Crippen LogP) is 6.88. The number of aromatic nitrogens is 2. The summed E-state index contributed by atoms with van der Waals surface area (Å²) in [5, 5.41) is 0. The van der Waals surface area contributed by atoms with Gasteiger partial charge in [0.2, 0.25) is 0 Å². The first-order valence-electron chi connectivity index (χ1n) is 13.2. The third-order valence-corrected chi connectivity index (χ3v) is 5.38. The standard InChI is InChI=1S/C28H44N2O4/c1-3-5-6-7-8-18-32-20-10-12-22-34-27-23-29-28(30-24-27)25-13-15-26(16-14-25)33-21-11-9-19-31-17-4-2/h13-16,23-24H,3-12,17-22H2,1-2H3. The lowest BCUT2D eigenvalue weighted by molar-refractivity contribution is 0.122. The molecule has 6 heteroatoms. The van der Waals surface area contributed by atoms with Crippen molar-refractivity contribution in [1.82, 2.24) is 9.97 Å². The SMILES string of the molecule is CCCCCCCOCCCCOc1cnc(-c2ccc(OCCCCOCCC)cc2)nc1. The van der Waals surface area contributed by atoms with Crippen LogP contribution in [-0.2, 0) is 9.47 Å². The highest BCUT2D eigenvalue weighted by Gasteiger charge is 2.03. The van der Waals surface area contributed by atoms with Crippen molar-refractivity contribution in [2.24, 2.45) is 0 Å². The van der Waals surface area contributed by atoms with E-state index in [1.54, 1.807) is 12.4 Å². The van der Waals surface area contributed by atoms with Crippen molar-refractivity contribution in [1.29, 1.82) is 0 Å². The quantitative estimate of drug-likeness (QED) is 0.185. The molecule has 0 radical (unpaired) electrons. The van der Waals surface area contributed by atoms with Crippen molar-refractivity contribution in [3.63, 3.8) is 0 Å². The maximum Gasteiger partial charge on any atom is 0.159 e. The zero-order valence-electron chi connectivity index (χ0n) is 21.3. The molecular weight excluding hydrogens is 428 g/mol. The van der Waals surface area contributed by atoms with Crippen LogP contribution in [0.5, 0.6) is 11.5 Å². The molecule has 2 aromatic rings. The maximum atomic E-state index is 5.80. The van der Waals surface area contributed by atoms with E-state index in [4.69, 9.17) is 18.9 Å². The Hall–Kier alpha value is -2.18. The van der Waals surface area contributed by atoms with Crippen LogP contribution >= 0.6 is 0 Å². The van der Waals surface area contributed by atoms with Crippen molar-refractivity contribution < 1.29 is 18.9 Å². The molecule has 0 aliphatic rings. The molecule has 0 aliphatic carbocycles. The summed E-state index contributed by atoms with van der Waals surface area (Å²) in [5.74, 6) is 2.24. The van der Waals surface area contributed by atoms with Gasteiger partial charge in [0.25, 0.3) is 0 Å². The molecule has 0 amide bonds. The van der Waals surface area contributed by atoms with Crippen molar-refractivity contribution in [2.75, 3.05) is 39.6 Å². The van der Waals surface area contributed by atoms with Crippen LogP contribution in [0.15, 0.2) is 36.7 Å². The number of unbranched alkanes of at least 4 members (excludes halogenated alkanes) is 6. The molecule has 2 rings (SSSR count). The number of hydrogen-bond donors (Lipinski definition) is 0. The van der Waals surface area contributed by atoms with Gasteiger partial charge >= 0.3 is 0 Å². The molecular formula is C28H44N2O4. The van der Waals surface area contributed by atoms with Crippen molar-refractivity contribution in [2.45, 2.75) is 78.1 Å². The van der Waals surface area contributed by atoms with E-state index >= 15 is 0 Å². The van der Waals surface area contributed by atoms with Crippen molar-refractivity contribution in [3.8, 4) is 22.9 Å². The van der Waals surface area contributed by atoms with Crippen LogP contribution in [0.1, 0.15) is 78.1 Å². The molecule has 1 heterocycles. The Morgan fingerprint density at radius 3 is 1.68 bits per heavy atom. The third kappa shape index (κ3) is 12.9. The highest BCUT2D eigenvalue weighted by Crippen LogP contribution is 2.20. The fourth-order valence-electron chi connectivity index (χ4n) is 3.39. The van der Waals surface area contributed by atoms with Gasteiger partial charge in [0.05, 0.1) is 25.6 Å². The monoisotopic (exact) mass is 472 g/mol. The lowest BCUT2D eigenvalue weighted by Crippen LogP contribution is -2.02. The van der Waals surface area contributed by atoms with Crippen molar-refractivity contribution in [3.05, 3.63) is 36.7 Å². The summed E-state index contributed by atoms with van der Waals surface area (Å²) in [4.78, 5) is 8.89. The summed E-state index contributed by atoms with van der Waals surface area (Å²) in [6.07, 6.45) is 14.9. The zero-order chi connectivity index (χ0) is 24.1. The fourth-order valence-corrected chi connectivity index (χ4v) is 3.39. The predicted molar refractivity (Wildman–Crippen MR) is 138 cm³/mol. The minimum absolute atomic E-state index is 0.652. The highest BCUT2D eigenvalue weighted by molar-refractivity contribution is 5.56. The normalized spacial score (nSPS) is 11.0. The Labute approximate surface area is 206 Å². The van der Waals surface area contributed by atoms with E-state index in [2.05, 4.69) is 23.8 Å². The van der Waals surface area contributed by atoms with E-state index < -0.39 is 0 Å². The molecule has 0 spiro atoms. The first-order valence-corrected chi connectivity index (χ1v) is 13.2. The lowest BCUT2D eigenvalue weighted by atomic mass is 10.2. The second-order valence-corrected chi connectivity index (χ2v) is 8.52. The summed E-state index contributed by atoms with van der Waals surface area (Å²) in [5.41, 5.74) is 0.957. The Morgan fingerprint density at radius 2 is 1.06 bits per heavy atom. The number of rotatable bonds is 21. The molecule has 0 bridgehead atoms. The van der Waals surface area contributed by atoms with Crippen LogP contribution in [0.2, 0.25) is 0 Å². The molecule has 190 valence electrons. The van der Waals surface area contributed by atoms with Gasteiger partial charge in [-0.3, -0.25) is 0 Å². The Bertz CT molecular complexity index is 722. The molecule has 6 nitrogen and oxygen atoms in total. The Kier molecular flexibility index (Phi) is 15.8. The van der Waals surface area contributed by atoms with Gasteiger partial charge in [-0.05, 0) is 62.8 Å². The molecule has 0 saturated heterocycles. The summed E-state index contributed by atoms with van der Waals surface area (Å²) in [6, 6.07) is 7.90. The van der Waals surface area contributed by atoms with Gasteiger partial charge in [-0.1, -0.05) is 39.5 Å². The summed E-state index contributed by atoms with van der Waals surface area (Å²) < 4.78 is 22.7. The van der Waals surface area contributed by atoms with E-state index in [9.17, 15) is 0 Å². The largest absolute Gasteiger partial charge is 0.494 e. The minimum atomic E-state index is 0.652. The van der Waals surface area contributed by atoms with Gasteiger partial charge in [0.1, 0.15) is 5.75 Å². The van der Waals surface area contributed by atoms with E-state index in [1.165, 1.54) is 32.1 Å².